The predicted octanol–water partition coefficient (Wildman–Crippen LogP) is 0.989. The number of aryl methyl sites for hydroxylation is 1. The van der Waals surface area contributed by atoms with Crippen molar-refractivity contribution in [3.8, 4) is 6.07 Å². The Labute approximate surface area is 111 Å². The first kappa shape index (κ1) is 15.0. The summed E-state index contributed by atoms with van der Waals surface area (Å²) in [5.74, 6) is 0.0180. The van der Waals surface area contributed by atoms with E-state index >= 15 is 0 Å². The molecule has 8 heteroatoms. The molecule has 1 rings (SSSR count). The predicted molar refractivity (Wildman–Crippen MR) is 67.0 cm³/mol. The van der Waals surface area contributed by atoms with Gasteiger partial charge >= 0.3 is 0 Å². The van der Waals surface area contributed by atoms with E-state index in [-0.39, 0.29) is 35.4 Å². The molecule has 0 amide bonds. The minimum Gasteiger partial charge on any atom is -0.378 e. The van der Waals surface area contributed by atoms with Crippen LogP contribution in [0.1, 0.15) is 18.2 Å². The first-order valence-electron chi connectivity index (χ1n) is 5.29. The van der Waals surface area contributed by atoms with Gasteiger partial charge in [0, 0.05) is 12.9 Å². The van der Waals surface area contributed by atoms with Crippen molar-refractivity contribution < 1.29 is 13.2 Å². The van der Waals surface area contributed by atoms with E-state index in [0.717, 1.165) is 0 Å². The van der Waals surface area contributed by atoms with E-state index in [1.807, 2.05) is 6.07 Å². The number of rotatable bonds is 6. The highest BCUT2D eigenvalue weighted by molar-refractivity contribution is 7.91. The second kappa shape index (κ2) is 6.18. The number of methoxy groups -OCH3 is 1. The number of halogens is 1. The number of nitrogens with zero attached hydrogens (tertiary/aromatic N) is 3. The highest BCUT2D eigenvalue weighted by Gasteiger charge is 2.17. The van der Waals surface area contributed by atoms with Crippen LogP contribution in [0.2, 0.25) is 5.15 Å². The number of nitriles is 1. The lowest BCUT2D eigenvalue weighted by molar-refractivity contribution is 0.180. The summed E-state index contributed by atoms with van der Waals surface area (Å²) in [6.45, 7) is 1.88. The Bertz CT molecular complexity index is 560. The molecule has 0 saturated carbocycles. The molecule has 0 aromatic carbocycles. The first-order valence-corrected chi connectivity index (χ1v) is 7.49. The summed E-state index contributed by atoms with van der Waals surface area (Å²) in [5, 5.41) is 13.2. The maximum Gasteiger partial charge on any atom is 0.151 e. The lowest BCUT2D eigenvalue weighted by atomic mass is 10.3. The molecule has 0 aliphatic carbocycles. The molecule has 0 aliphatic rings. The van der Waals surface area contributed by atoms with Gasteiger partial charge in [0.25, 0.3) is 0 Å². The molecule has 0 saturated heterocycles. The molecular formula is C10H14ClN3O3S. The van der Waals surface area contributed by atoms with Crippen LogP contribution in [0.15, 0.2) is 0 Å². The van der Waals surface area contributed by atoms with Crippen molar-refractivity contribution in [2.45, 2.75) is 20.1 Å². The van der Waals surface area contributed by atoms with Crippen molar-refractivity contribution in [2.24, 2.45) is 0 Å². The van der Waals surface area contributed by atoms with Crippen LogP contribution in [0.3, 0.4) is 0 Å². The zero-order chi connectivity index (χ0) is 13.8. The Hall–Kier alpha value is -1.10. The quantitative estimate of drug-likeness (QED) is 0.780. The second-order valence-electron chi connectivity index (χ2n) is 3.62. The van der Waals surface area contributed by atoms with Crippen molar-refractivity contribution >= 4 is 21.4 Å². The van der Waals surface area contributed by atoms with E-state index in [1.165, 1.54) is 11.8 Å². The lowest BCUT2D eigenvalue weighted by Gasteiger charge is -2.03. The lowest BCUT2D eigenvalue weighted by Crippen LogP contribution is -2.15. The van der Waals surface area contributed by atoms with Gasteiger partial charge in [-0.25, -0.2) is 8.42 Å². The maximum atomic E-state index is 11.4. The summed E-state index contributed by atoms with van der Waals surface area (Å²) in [4.78, 5) is 0. The fourth-order valence-electron chi connectivity index (χ4n) is 1.35. The number of aromatic nitrogens is 2. The minimum absolute atomic E-state index is 0.0534. The molecule has 0 aliphatic heterocycles. The largest absolute Gasteiger partial charge is 0.378 e. The summed E-state index contributed by atoms with van der Waals surface area (Å²) in [6.07, 6.45) is 0. The Kier molecular flexibility index (Phi) is 5.14. The number of ether oxygens (including phenoxy) is 1. The molecule has 100 valence electrons. The minimum atomic E-state index is -3.09. The molecular weight excluding hydrogens is 278 g/mol. The molecule has 0 unspecified atom stereocenters. The zero-order valence-electron chi connectivity index (χ0n) is 10.2. The van der Waals surface area contributed by atoms with Crippen molar-refractivity contribution in [1.29, 1.82) is 5.26 Å². The standard InChI is InChI=1S/C10H14ClN3O3S/c1-3-18(15,16)5-4-14-10(11)8(6-12)9(13-14)7-17-2/h3-5,7H2,1-2H3. The smallest absolute Gasteiger partial charge is 0.151 e. The van der Waals surface area contributed by atoms with Crippen LogP contribution >= 0.6 is 11.6 Å². The van der Waals surface area contributed by atoms with Crippen LogP contribution in [-0.4, -0.2) is 36.8 Å². The van der Waals surface area contributed by atoms with Crippen LogP contribution < -0.4 is 0 Å². The van der Waals surface area contributed by atoms with Gasteiger partial charge in [-0.3, -0.25) is 4.68 Å². The highest BCUT2D eigenvalue weighted by atomic mass is 35.5. The van der Waals surface area contributed by atoms with Gasteiger partial charge in [-0.1, -0.05) is 18.5 Å². The van der Waals surface area contributed by atoms with Gasteiger partial charge in [-0.2, -0.15) is 10.4 Å². The van der Waals surface area contributed by atoms with Gasteiger partial charge in [0.1, 0.15) is 22.5 Å². The van der Waals surface area contributed by atoms with Crippen LogP contribution in [0, 0.1) is 11.3 Å². The number of hydrogen-bond donors (Lipinski definition) is 0. The molecule has 1 heterocycles. The SMILES string of the molecule is CCS(=O)(=O)CCn1nc(COC)c(C#N)c1Cl. The number of hydrogen-bond acceptors (Lipinski definition) is 5. The Balaban J connectivity index is 2.95. The van der Waals surface area contributed by atoms with E-state index in [4.69, 9.17) is 21.6 Å². The monoisotopic (exact) mass is 291 g/mol. The van der Waals surface area contributed by atoms with Crippen LogP contribution in [0.5, 0.6) is 0 Å². The first-order chi connectivity index (χ1) is 8.45. The van der Waals surface area contributed by atoms with Gasteiger partial charge in [-0.15, -0.1) is 0 Å². The fourth-order valence-corrected chi connectivity index (χ4v) is 2.37. The summed E-state index contributed by atoms with van der Waals surface area (Å²) in [7, 11) is -1.61. The average Bonchev–Trinajstić information content (AvgIpc) is 2.63. The van der Waals surface area contributed by atoms with E-state index in [0.29, 0.717) is 5.69 Å². The Morgan fingerprint density at radius 2 is 2.22 bits per heavy atom. The van der Waals surface area contributed by atoms with Crippen LogP contribution in [0.25, 0.3) is 0 Å². The van der Waals surface area contributed by atoms with Gasteiger partial charge in [0.15, 0.2) is 9.84 Å². The second-order valence-corrected chi connectivity index (χ2v) is 6.45. The van der Waals surface area contributed by atoms with E-state index in [9.17, 15) is 8.42 Å². The van der Waals surface area contributed by atoms with Gasteiger partial charge < -0.3 is 4.74 Å². The molecule has 18 heavy (non-hydrogen) atoms. The maximum absolute atomic E-state index is 11.4. The molecule has 0 fully saturated rings. The zero-order valence-corrected chi connectivity index (χ0v) is 11.8. The van der Waals surface area contributed by atoms with Crippen molar-refractivity contribution in [3.05, 3.63) is 16.4 Å². The van der Waals surface area contributed by atoms with Crippen molar-refractivity contribution in [1.82, 2.24) is 9.78 Å². The third-order valence-electron chi connectivity index (χ3n) is 2.41. The van der Waals surface area contributed by atoms with E-state index in [1.54, 1.807) is 6.92 Å². The molecule has 0 spiro atoms. The number of sulfone groups is 1. The highest BCUT2D eigenvalue weighted by Crippen LogP contribution is 2.19. The van der Waals surface area contributed by atoms with Crippen molar-refractivity contribution in [3.63, 3.8) is 0 Å². The fraction of sp³-hybridized carbons (Fsp3) is 0.600. The van der Waals surface area contributed by atoms with Crippen LogP contribution in [-0.2, 0) is 27.7 Å². The molecule has 1 aromatic rings. The van der Waals surface area contributed by atoms with Gasteiger partial charge in [-0.05, 0) is 0 Å². The van der Waals surface area contributed by atoms with Crippen LogP contribution in [0.4, 0.5) is 0 Å². The van der Waals surface area contributed by atoms with E-state index < -0.39 is 9.84 Å². The van der Waals surface area contributed by atoms with Gasteiger partial charge in [0.2, 0.25) is 0 Å². The molecule has 0 bridgehead atoms. The molecule has 1 aromatic heterocycles. The van der Waals surface area contributed by atoms with Crippen molar-refractivity contribution in [2.75, 3.05) is 18.6 Å². The Morgan fingerprint density at radius 3 is 2.72 bits per heavy atom. The summed E-state index contributed by atoms with van der Waals surface area (Å²) < 4.78 is 29.0. The van der Waals surface area contributed by atoms with Gasteiger partial charge in [0.05, 0.1) is 18.9 Å². The molecule has 0 radical (unpaired) electrons. The summed E-state index contributed by atoms with van der Waals surface area (Å²) in [5.41, 5.74) is 0.645. The third kappa shape index (κ3) is 3.45. The summed E-state index contributed by atoms with van der Waals surface area (Å²) >= 11 is 5.96. The Morgan fingerprint density at radius 1 is 1.56 bits per heavy atom. The summed E-state index contributed by atoms with van der Waals surface area (Å²) in [6, 6.07) is 1.94. The van der Waals surface area contributed by atoms with E-state index in [2.05, 4.69) is 5.10 Å². The topological polar surface area (TPSA) is 85.0 Å². The molecule has 0 atom stereocenters. The third-order valence-corrected chi connectivity index (χ3v) is 4.48. The average molecular weight is 292 g/mol. The molecule has 6 nitrogen and oxygen atoms in total. The normalized spacial score (nSPS) is 11.4. The molecule has 0 N–H and O–H groups in total.